The molecule has 1 amide bonds. The molecule has 1 aromatic carbocycles. The second kappa shape index (κ2) is 8.08. The van der Waals surface area contributed by atoms with Gasteiger partial charge < -0.3 is 15.5 Å². The van der Waals surface area contributed by atoms with Crippen LogP contribution in [-0.2, 0) is 4.79 Å². The molecule has 6 nitrogen and oxygen atoms in total. The van der Waals surface area contributed by atoms with Crippen LogP contribution >= 0.6 is 0 Å². The average Bonchev–Trinajstić information content (AvgIpc) is 3.62. The molecule has 1 aliphatic carbocycles. The lowest BCUT2D eigenvalue weighted by Gasteiger charge is -2.46. The fraction of sp³-hybridized carbons (Fsp3) is 0.480. The maximum absolute atomic E-state index is 12.8. The van der Waals surface area contributed by atoms with Crippen molar-refractivity contribution in [2.75, 3.05) is 23.3 Å². The van der Waals surface area contributed by atoms with Gasteiger partial charge in [-0.1, -0.05) is 19.1 Å². The summed E-state index contributed by atoms with van der Waals surface area (Å²) < 4.78 is 0. The monoisotopic (exact) mass is 417 g/mol. The first-order valence-corrected chi connectivity index (χ1v) is 11.4. The Kier molecular flexibility index (Phi) is 5.26. The number of hydrogen-bond donors (Lipinski definition) is 2. The van der Waals surface area contributed by atoms with E-state index in [0.29, 0.717) is 5.92 Å². The molecule has 2 N–H and O–H groups in total. The van der Waals surface area contributed by atoms with Crippen LogP contribution in [-0.4, -0.2) is 35.0 Å². The molecule has 3 aliphatic rings. The predicted molar refractivity (Wildman–Crippen MR) is 124 cm³/mol. The van der Waals surface area contributed by atoms with E-state index in [4.69, 9.17) is 0 Å². The van der Waals surface area contributed by atoms with Crippen LogP contribution < -0.4 is 15.5 Å². The normalized spacial score (nSPS) is 25.6. The Morgan fingerprint density at radius 1 is 1.23 bits per heavy atom. The highest BCUT2D eigenvalue weighted by Crippen LogP contribution is 2.50. The summed E-state index contributed by atoms with van der Waals surface area (Å²) in [5.41, 5.74) is 5.75. The van der Waals surface area contributed by atoms with Gasteiger partial charge in [-0.05, 0) is 67.5 Å². The number of fused-ring (bicyclic) bond motifs is 1. The summed E-state index contributed by atoms with van der Waals surface area (Å²) in [6, 6.07) is 6.93. The number of carbonyl (C=O) groups excluding carboxylic acids is 1. The highest BCUT2D eigenvalue weighted by atomic mass is 16.2. The van der Waals surface area contributed by atoms with Gasteiger partial charge in [-0.25, -0.2) is 4.98 Å². The number of rotatable bonds is 4. The molecular weight excluding hydrogens is 386 g/mol. The van der Waals surface area contributed by atoms with Crippen LogP contribution in [0.1, 0.15) is 56.0 Å². The molecule has 1 aromatic heterocycles. The van der Waals surface area contributed by atoms with Gasteiger partial charge in [0.1, 0.15) is 5.82 Å². The van der Waals surface area contributed by atoms with Gasteiger partial charge in [0.05, 0.1) is 24.1 Å². The number of aromatic nitrogens is 2. The van der Waals surface area contributed by atoms with Gasteiger partial charge in [0.25, 0.3) is 0 Å². The molecule has 31 heavy (non-hydrogen) atoms. The summed E-state index contributed by atoms with van der Waals surface area (Å²) in [5, 5.41) is 7.06. The number of nitrogens with zero attached hydrogens (tertiary/aromatic N) is 3. The molecule has 2 aromatic rings. The maximum Gasteiger partial charge on any atom is 0.224 e. The summed E-state index contributed by atoms with van der Waals surface area (Å²) in [4.78, 5) is 23.8. The molecule has 0 radical (unpaired) electrons. The van der Waals surface area contributed by atoms with Crippen molar-refractivity contribution >= 4 is 23.0 Å². The second-order valence-corrected chi connectivity index (χ2v) is 9.20. The number of carbonyl (C=O) groups is 1. The highest BCUT2D eigenvalue weighted by molar-refractivity contribution is 5.94. The van der Waals surface area contributed by atoms with Gasteiger partial charge in [0, 0.05) is 31.1 Å². The lowest BCUT2D eigenvalue weighted by molar-refractivity contribution is -0.117. The first kappa shape index (κ1) is 20.2. The van der Waals surface area contributed by atoms with Gasteiger partial charge in [0.2, 0.25) is 5.91 Å². The van der Waals surface area contributed by atoms with Gasteiger partial charge in [-0.3, -0.25) is 9.78 Å². The Balaban J connectivity index is 1.60. The SMILES string of the molecule is CC(=O)N1c2ccc(C3=CCNCC3)cc2C(Nc2cnc(C)cn2)[C@@H](C)[C@@H]1C1CC1. The van der Waals surface area contributed by atoms with E-state index >= 15 is 0 Å². The van der Waals surface area contributed by atoms with E-state index in [9.17, 15) is 4.79 Å². The zero-order valence-electron chi connectivity index (χ0n) is 18.6. The Morgan fingerprint density at radius 2 is 2.06 bits per heavy atom. The third-order valence-corrected chi connectivity index (χ3v) is 6.95. The van der Waals surface area contributed by atoms with Crippen molar-refractivity contribution in [3.8, 4) is 0 Å². The lowest BCUT2D eigenvalue weighted by Crippen LogP contribution is -2.51. The first-order valence-electron chi connectivity index (χ1n) is 11.4. The molecule has 0 saturated heterocycles. The molecule has 1 saturated carbocycles. The Labute approximate surface area is 184 Å². The fourth-order valence-corrected chi connectivity index (χ4v) is 5.28. The molecular formula is C25H31N5O. The van der Waals surface area contributed by atoms with Crippen molar-refractivity contribution in [1.29, 1.82) is 0 Å². The van der Waals surface area contributed by atoms with Gasteiger partial charge in [-0.2, -0.15) is 0 Å². The van der Waals surface area contributed by atoms with E-state index in [-0.39, 0.29) is 23.9 Å². The smallest absolute Gasteiger partial charge is 0.224 e. The Hall–Kier alpha value is -2.73. The van der Waals surface area contributed by atoms with Crippen molar-refractivity contribution in [1.82, 2.24) is 15.3 Å². The zero-order valence-corrected chi connectivity index (χ0v) is 18.6. The van der Waals surface area contributed by atoms with E-state index < -0.39 is 0 Å². The molecule has 0 bridgehead atoms. The van der Waals surface area contributed by atoms with Crippen LogP contribution in [0.3, 0.4) is 0 Å². The number of benzene rings is 1. The van der Waals surface area contributed by atoms with E-state index in [2.05, 4.69) is 56.7 Å². The van der Waals surface area contributed by atoms with Crippen molar-refractivity contribution in [2.24, 2.45) is 11.8 Å². The second-order valence-electron chi connectivity index (χ2n) is 9.20. The molecule has 1 fully saturated rings. The van der Waals surface area contributed by atoms with Crippen molar-refractivity contribution in [2.45, 2.75) is 52.1 Å². The van der Waals surface area contributed by atoms with Crippen LogP contribution in [0.25, 0.3) is 5.57 Å². The van der Waals surface area contributed by atoms with Crippen LogP contribution in [0.4, 0.5) is 11.5 Å². The topological polar surface area (TPSA) is 70.2 Å². The third-order valence-electron chi connectivity index (χ3n) is 6.95. The van der Waals surface area contributed by atoms with Gasteiger partial charge in [-0.15, -0.1) is 0 Å². The standard InChI is InChI=1S/C25H31N5O/c1-15-13-28-23(14-27-15)29-24-16(2)25(19-4-5-19)30(17(3)31)22-7-6-20(12-21(22)24)18-8-10-26-11-9-18/h6-8,12-14,16,19,24-26H,4-5,9-11H2,1-3H3,(H,28,29)/t16-,24?,25-/m1/s1. The molecule has 2 aliphatic heterocycles. The lowest BCUT2D eigenvalue weighted by atomic mass is 9.79. The van der Waals surface area contributed by atoms with Crippen molar-refractivity contribution in [3.63, 3.8) is 0 Å². The fourth-order valence-electron chi connectivity index (χ4n) is 5.28. The van der Waals surface area contributed by atoms with E-state index in [1.165, 1.54) is 29.5 Å². The van der Waals surface area contributed by atoms with Gasteiger partial charge >= 0.3 is 0 Å². The van der Waals surface area contributed by atoms with Crippen molar-refractivity contribution in [3.05, 3.63) is 53.5 Å². The van der Waals surface area contributed by atoms with Crippen LogP contribution in [0, 0.1) is 18.8 Å². The maximum atomic E-state index is 12.8. The van der Waals surface area contributed by atoms with E-state index in [0.717, 1.165) is 36.7 Å². The minimum absolute atomic E-state index is 0.0791. The first-order chi connectivity index (χ1) is 15.0. The third kappa shape index (κ3) is 3.85. The molecule has 6 heteroatoms. The summed E-state index contributed by atoms with van der Waals surface area (Å²) >= 11 is 0. The minimum Gasteiger partial charge on any atom is -0.362 e. The van der Waals surface area contributed by atoms with Gasteiger partial charge in [0.15, 0.2) is 0 Å². The number of nitrogens with one attached hydrogen (secondary N) is 2. The molecule has 5 rings (SSSR count). The summed E-state index contributed by atoms with van der Waals surface area (Å²) in [5.74, 6) is 1.76. The van der Waals surface area contributed by atoms with E-state index in [1.54, 1.807) is 13.1 Å². The summed E-state index contributed by atoms with van der Waals surface area (Å²) in [6.07, 6.45) is 9.31. The van der Waals surface area contributed by atoms with Crippen LogP contribution in [0.2, 0.25) is 0 Å². The Morgan fingerprint density at radius 3 is 2.71 bits per heavy atom. The van der Waals surface area contributed by atoms with Crippen LogP contribution in [0.5, 0.6) is 0 Å². The predicted octanol–water partition coefficient (Wildman–Crippen LogP) is 4.10. The molecule has 162 valence electrons. The van der Waals surface area contributed by atoms with E-state index in [1.807, 2.05) is 13.1 Å². The zero-order chi connectivity index (χ0) is 21.5. The quantitative estimate of drug-likeness (QED) is 0.784. The number of hydrogen-bond acceptors (Lipinski definition) is 5. The molecule has 3 atom stereocenters. The molecule has 3 heterocycles. The minimum atomic E-state index is 0.0791. The highest BCUT2D eigenvalue weighted by Gasteiger charge is 2.47. The number of aryl methyl sites for hydroxylation is 1. The number of anilines is 2. The summed E-state index contributed by atoms with van der Waals surface area (Å²) in [6.45, 7) is 7.84. The Bertz CT molecular complexity index is 1010. The van der Waals surface area contributed by atoms with Crippen molar-refractivity contribution < 1.29 is 4.79 Å². The average molecular weight is 418 g/mol. The molecule has 0 spiro atoms. The summed E-state index contributed by atoms with van der Waals surface area (Å²) in [7, 11) is 0. The van der Waals surface area contributed by atoms with Crippen LogP contribution in [0.15, 0.2) is 36.7 Å². The molecule has 1 unspecified atom stereocenters. The largest absolute Gasteiger partial charge is 0.362 e. The number of amides is 1.